The molecule has 6 heteroatoms. The van der Waals surface area contributed by atoms with Crippen molar-refractivity contribution in [2.45, 2.75) is 27.7 Å². The molecule has 132 valence electrons. The van der Waals surface area contributed by atoms with E-state index in [9.17, 15) is 4.79 Å². The van der Waals surface area contributed by atoms with Crippen molar-refractivity contribution in [3.63, 3.8) is 0 Å². The molecular formula is C18H28N4OS. The smallest absolute Gasteiger partial charge is 0.231 e. The van der Waals surface area contributed by atoms with Gasteiger partial charge in [0, 0.05) is 43.0 Å². The number of hydrogen-bond donors (Lipinski definition) is 2. The average molecular weight is 349 g/mol. The second kappa shape index (κ2) is 7.94. The Morgan fingerprint density at radius 1 is 1.12 bits per heavy atom. The molecule has 0 bridgehead atoms. The molecule has 2 rings (SSSR count). The first kappa shape index (κ1) is 18.7. The molecule has 24 heavy (non-hydrogen) atoms. The highest BCUT2D eigenvalue weighted by molar-refractivity contribution is 7.80. The van der Waals surface area contributed by atoms with E-state index in [2.05, 4.69) is 39.5 Å². The van der Waals surface area contributed by atoms with Crippen LogP contribution >= 0.6 is 12.2 Å². The molecule has 0 spiro atoms. The molecule has 2 N–H and O–H groups in total. The first-order valence-corrected chi connectivity index (χ1v) is 8.90. The zero-order valence-corrected chi connectivity index (χ0v) is 15.9. The molecule has 0 aromatic heterocycles. The Labute approximate surface area is 150 Å². The largest absolute Gasteiger partial charge is 0.369 e. The predicted octanol–water partition coefficient (Wildman–Crippen LogP) is 2.69. The summed E-state index contributed by atoms with van der Waals surface area (Å²) >= 11 is 5.21. The number of piperazine rings is 1. The van der Waals surface area contributed by atoms with Crippen molar-refractivity contribution >= 4 is 34.6 Å². The third kappa shape index (κ3) is 5.18. The summed E-state index contributed by atoms with van der Waals surface area (Å²) < 4.78 is 0. The minimum Gasteiger partial charge on any atom is -0.369 e. The van der Waals surface area contributed by atoms with Gasteiger partial charge in [0.25, 0.3) is 0 Å². The van der Waals surface area contributed by atoms with Gasteiger partial charge in [-0.25, -0.2) is 0 Å². The lowest BCUT2D eigenvalue weighted by molar-refractivity contribution is -0.126. The van der Waals surface area contributed by atoms with E-state index in [1.807, 2.05) is 32.9 Å². The molecule has 1 fully saturated rings. The van der Waals surface area contributed by atoms with Crippen LogP contribution in [0.15, 0.2) is 24.3 Å². The fourth-order valence-electron chi connectivity index (χ4n) is 2.53. The van der Waals surface area contributed by atoms with Gasteiger partial charge in [0.1, 0.15) is 0 Å². The lowest BCUT2D eigenvalue weighted by atomic mass is 9.96. The quantitative estimate of drug-likeness (QED) is 0.823. The van der Waals surface area contributed by atoms with E-state index in [0.29, 0.717) is 5.11 Å². The van der Waals surface area contributed by atoms with Gasteiger partial charge >= 0.3 is 0 Å². The molecule has 1 aromatic carbocycles. The summed E-state index contributed by atoms with van der Waals surface area (Å²) in [7, 11) is 0. The number of anilines is 2. The number of rotatable bonds is 3. The molecule has 5 nitrogen and oxygen atoms in total. The van der Waals surface area contributed by atoms with Gasteiger partial charge in [-0.1, -0.05) is 27.7 Å². The Bertz CT molecular complexity index is 572. The second-order valence-electron chi connectivity index (χ2n) is 7.13. The zero-order valence-electron chi connectivity index (χ0n) is 15.1. The number of hydrogen-bond acceptors (Lipinski definition) is 4. The van der Waals surface area contributed by atoms with Crippen molar-refractivity contribution < 1.29 is 4.79 Å². The summed E-state index contributed by atoms with van der Waals surface area (Å²) in [5.74, 6) is -0.0922. The zero-order chi connectivity index (χ0) is 17.7. The predicted molar refractivity (Wildman–Crippen MR) is 105 cm³/mol. The molecule has 1 aliphatic rings. The van der Waals surface area contributed by atoms with Gasteiger partial charge in [-0.05, 0) is 43.0 Å². The molecule has 0 radical (unpaired) electrons. The van der Waals surface area contributed by atoms with Gasteiger partial charge < -0.3 is 20.4 Å². The summed E-state index contributed by atoms with van der Waals surface area (Å²) in [6.45, 7) is 13.2. The maximum Gasteiger partial charge on any atom is 0.231 e. The van der Waals surface area contributed by atoms with E-state index in [0.717, 1.165) is 38.4 Å². The van der Waals surface area contributed by atoms with Crippen molar-refractivity contribution in [2.75, 3.05) is 42.9 Å². The van der Waals surface area contributed by atoms with E-state index >= 15 is 0 Å². The Morgan fingerprint density at radius 2 is 1.71 bits per heavy atom. The highest BCUT2D eigenvalue weighted by Gasteiger charge is 2.22. The van der Waals surface area contributed by atoms with Crippen LogP contribution in [-0.4, -0.2) is 48.6 Å². The fourth-order valence-corrected chi connectivity index (χ4v) is 2.74. The second-order valence-corrected chi connectivity index (χ2v) is 7.53. The number of likely N-dealkylation sites (N-methyl/N-ethyl adjacent to an activating group) is 1. The van der Waals surface area contributed by atoms with E-state index < -0.39 is 5.41 Å². The van der Waals surface area contributed by atoms with Gasteiger partial charge in [-0.3, -0.25) is 4.79 Å². The molecule has 1 amide bonds. The highest BCUT2D eigenvalue weighted by Crippen LogP contribution is 2.19. The minimum absolute atomic E-state index is 0.0922. The SMILES string of the molecule is CCN1CCN(c2ccc(NC(=S)NC(=O)C(C)(C)C)cc2)CC1. The maximum atomic E-state index is 11.9. The van der Waals surface area contributed by atoms with Crippen LogP contribution in [-0.2, 0) is 4.79 Å². The van der Waals surface area contributed by atoms with Crippen molar-refractivity contribution in [1.82, 2.24) is 10.2 Å². The molecule has 1 heterocycles. The number of thiocarbonyl (C=S) groups is 1. The number of amides is 1. The normalized spacial score (nSPS) is 15.9. The van der Waals surface area contributed by atoms with Crippen LogP contribution in [0.5, 0.6) is 0 Å². The Morgan fingerprint density at radius 3 is 2.21 bits per heavy atom. The highest BCUT2D eigenvalue weighted by atomic mass is 32.1. The molecule has 1 saturated heterocycles. The van der Waals surface area contributed by atoms with Gasteiger partial charge in [-0.2, -0.15) is 0 Å². The molecular weight excluding hydrogens is 320 g/mol. The standard InChI is InChI=1S/C18H28N4OS/c1-5-21-10-12-22(13-11-21)15-8-6-14(7-9-15)19-17(24)20-16(23)18(2,3)4/h6-9H,5,10-13H2,1-4H3,(H2,19,20,23,24). The van der Waals surface area contributed by atoms with E-state index in [1.165, 1.54) is 5.69 Å². The van der Waals surface area contributed by atoms with Crippen molar-refractivity contribution in [3.05, 3.63) is 24.3 Å². The number of carbonyl (C=O) groups is 1. The lowest BCUT2D eigenvalue weighted by Gasteiger charge is -2.35. The van der Waals surface area contributed by atoms with Crippen LogP contribution in [0.25, 0.3) is 0 Å². The Balaban J connectivity index is 1.88. The molecule has 0 unspecified atom stereocenters. The Hall–Kier alpha value is -1.66. The first-order chi connectivity index (χ1) is 11.3. The van der Waals surface area contributed by atoms with E-state index in [-0.39, 0.29) is 5.91 Å². The lowest BCUT2D eigenvalue weighted by Crippen LogP contribution is -2.46. The van der Waals surface area contributed by atoms with Crippen molar-refractivity contribution in [1.29, 1.82) is 0 Å². The van der Waals surface area contributed by atoms with Gasteiger partial charge in [-0.15, -0.1) is 0 Å². The van der Waals surface area contributed by atoms with Crippen LogP contribution in [0.4, 0.5) is 11.4 Å². The van der Waals surface area contributed by atoms with Crippen LogP contribution < -0.4 is 15.5 Å². The minimum atomic E-state index is -0.462. The molecule has 0 aliphatic carbocycles. The van der Waals surface area contributed by atoms with Gasteiger partial charge in [0.2, 0.25) is 5.91 Å². The van der Waals surface area contributed by atoms with Crippen LogP contribution in [0.3, 0.4) is 0 Å². The summed E-state index contributed by atoms with van der Waals surface area (Å²) in [5, 5.41) is 6.12. The van der Waals surface area contributed by atoms with Crippen molar-refractivity contribution in [2.24, 2.45) is 5.41 Å². The molecule has 1 aliphatic heterocycles. The third-order valence-corrected chi connectivity index (χ3v) is 4.42. The van der Waals surface area contributed by atoms with Crippen LogP contribution in [0.1, 0.15) is 27.7 Å². The number of nitrogens with one attached hydrogen (secondary N) is 2. The summed E-state index contributed by atoms with van der Waals surface area (Å²) in [4.78, 5) is 16.8. The Kier molecular flexibility index (Phi) is 6.18. The van der Waals surface area contributed by atoms with Crippen molar-refractivity contribution in [3.8, 4) is 0 Å². The molecule has 0 atom stereocenters. The van der Waals surface area contributed by atoms with Gasteiger partial charge in [0.15, 0.2) is 5.11 Å². The summed E-state index contributed by atoms with van der Waals surface area (Å²) in [6, 6.07) is 8.18. The first-order valence-electron chi connectivity index (χ1n) is 8.49. The van der Waals surface area contributed by atoms with Crippen LogP contribution in [0, 0.1) is 5.41 Å². The van der Waals surface area contributed by atoms with Crippen LogP contribution in [0.2, 0.25) is 0 Å². The molecule has 1 aromatic rings. The monoisotopic (exact) mass is 348 g/mol. The average Bonchev–Trinajstić information content (AvgIpc) is 2.54. The van der Waals surface area contributed by atoms with E-state index in [4.69, 9.17) is 12.2 Å². The van der Waals surface area contributed by atoms with Gasteiger partial charge in [0.05, 0.1) is 0 Å². The summed E-state index contributed by atoms with van der Waals surface area (Å²) in [5.41, 5.74) is 1.64. The maximum absolute atomic E-state index is 11.9. The number of nitrogens with zero attached hydrogens (tertiary/aromatic N) is 2. The fraction of sp³-hybridized carbons (Fsp3) is 0.556. The number of benzene rings is 1. The van der Waals surface area contributed by atoms with E-state index in [1.54, 1.807) is 0 Å². The topological polar surface area (TPSA) is 47.6 Å². The third-order valence-electron chi connectivity index (χ3n) is 4.22. The molecule has 0 saturated carbocycles. The summed E-state index contributed by atoms with van der Waals surface area (Å²) in [6.07, 6.45) is 0. The number of carbonyl (C=O) groups excluding carboxylic acids is 1.